The molecule has 0 radical (unpaired) electrons. The smallest absolute Gasteiger partial charge is 0.365 e. The van der Waals surface area contributed by atoms with Gasteiger partial charge in [-0.1, -0.05) is 30.3 Å². The molecule has 0 spiro atoms. The van der Waals surface area contributed by atoms with Crippen molar-refractivity contribution in [2.24, 2.45) is 0 Å². The number of hydrogen-bond acceptors (Lipinski definition) is 11. The molecular formula is C19H21ClN5O9P. The second kappa shape index (κ2) is 10.1. The van der Waals surface area contributed by atoms with Gasteiger partial charge in [0.1, 0.15) is 30.4 Å². The number of ether oxygens (including phenoxy) is 3. The molecule has 0 bridgehead atoms. The number of nitrogens with zero attached hydrogens (tertiary/aromatic N) is 4. The number of benzene rings is 1. The highest BCUT2D eigenvalue weighted by Crippen LogP contribution is 2.43. The van der Waals surface area contributed by atoms with Crippen LogP contribution in [0, 0.1) is 0 Å². The van der Waals surface area contributed by atoms with Crippen molar-refractivity contribution in [2.75, 3.05) is 12.3 Å². The highest BCUT2D eigenvalue weighted by atomic mass is 35.5. The van der Waals surface area contributed by atoms with Crippen molar-refractivity contribution in [3.05, 3.63) is 47.5 Å². The minimum absolute atomic E-state index is 0.00910. The molecular weight excluding hydrogens is 509 g/mol. The second-order valence-electron chi connectivity index (χ2n) is 7.62. The summed E-state index contributed by atoms with van der Waals surface area (Å²) in [6.07, 6.45) is -4.33. The first-order valence-electron chi connectivity index (χ1n) is 10.1. The number of imidazole rings is 1. The van der Waals surface area contributed by atoms with E-state index in [0.717, 1.165) is 0 Å². The molecule has 3 aromatic rings. The lowest BCUT2D eigenvalue weighted by Gasteiger charge is -2.21. The average molecular weight is 530 g/mol. The van der Waals surface area contributed by atoms with Crippen LogP contribution in [0.15, 0.2) is 36.7 Å². The number of aromatic nitrogens is 4. The number of rotatable bonds is 8. The summed E-state index contributed by atoms with van der Waals surface area (Å²) < 4.78 is 28.9. The van der Waals surface area contributed by atoms with Crippen LogP contribution in [0.1, 0.15) is 11.8 Å². The molecule has 2 aromatic heterocycles. The van der Waals surface area contributed by atoms with Crippen LogP contribution in [-0.4, -0.2) is 76.3 Å². The molecule has 4 rings (SSSR count). The Bertz CT molecular complexity index is 1260. The largest absolute Gasteiger partial charge is 0.458 e. The third-order valence-corrected chi connectivity index (χ3v) is 6.32. The first kappa shape index (κ1) is 25.4. The fourth-order valence-corrected chi connectivity index (χ4v) is 4.28. The van der Waals surface area contributed by atoms with Gasteiger partial charge in [0.05, 0.1) is 12.9 Å². The van der Waals surface area contributed by atoms with Crippen molar-refractivity contribution in [3.8, 4) is 0 Å². The van der Waals surface area contributed by atoms with Crippen molar-refractivity contribution in [3.63, 3.8) is 0 Å². The minimum Gasteiger partial charge on any atom is -0.458 e. The Morgan fingerprint density at radius 1 is 1.23 bits per heavy atom. The highest BCUT2D eigenvalue weighted by molar-refractivity contribution is 7.53. The highest BCUT2D eigenvalue weighted by Gasteiger charge is 2.46. The lowest BCUT2D eigenvalue weighted by atomic mass is 10.1. The predicted molar refractivity (Wildman–Crippen MR) is 119 cm³/mol. The van der Waals surface area contributed by atoms with Crippen LogP contribution in [0.25, 0.3) is 11.2 Å². The average Bonchev–Trinajstić information content (AvgIpc) is 3.34. The molecule has 35 heavy (non-hydrogen) atoms. The number of nitrogens with two attached hydrogens (primary N) is 1. The molecule has 1 aromatic carbocycles. The van der Waals surface area contributed by atoms with Crippen molar-refractivity contribution >= 4 is 42.1 Å². The van der Waals surface area contributed by atoms with Gasteiger partial charge in [-0.25, -0.2) is 9.78 Å². The summed E-state index contributed by atoms with van der Waals surface area (Å²) in [7, 11) is -5.11. The normalized spacial score (nSPS) is 23.5. The van der Waals surface area contributed by atoms with Gasteiger partial charge < -0.3 is 39.9 Å². The van der Waals surface area contributed by atoms with Crippen LogP contribution >= 0.6 is 19.2 Å². The third-order valence-electron chi connectivity index (χ3n) is 5.18. The molecule has 1 saturated heterocycles. The molecule has 0 unspecified atom stereocenters. The molecule has 0 amide bonds. The van der Waals surface area contributed by atoms with Crippen molar-refractivity contribution in [1.82, 2.24) is 19.5 Å². The van der Waals surface area contributed by atoms with Gasteiger partial charge in [0.2, 0.25) is 5.28 Å². The molecule has 6 N–H and O–H groups in total. The molecule has 1 fully saturated rings. The van der Waals surface area contributed by atoms with Gasteiger partial charge in [-0.05, 0) is 17.2 Å². The lowest BCUT2D eigenvalue weighted by molar-refractivity contribution is -0.157. The van der Waals surface area contributed by atoms with E-state index in [1.54, 1.807) is 30.3 Å². The Kier molecular flexibility index (Phi) is 7.35. The van der Waals surface area contributed by atoms with Gasteiger partial charge in [0.15, 0.2) is 17.7 Å². The summed E-state index contributed by atoms with van der Waals surface area (Å²) in [5.74, 6) is -3.57. The molecule has 1 aliphatic heterocycles. The van der Waals surface area contributed by atoms with E-state index in [0.29, 0.717) is 5.56 Å². The Morgan fingerprint density at radius 3 is 2.63 bits per heavy atom. The standard InChI is InChI=1S/C19H21ClN5O9P/c20-19-23-14(21)11-15(24-19)25(8-22-11)16-13(27)12(26)10(34-16)7-33-18(35(29,30)31)17(28)32-6-9-4-2-1-3-5-9/h1-5,8,10,12-13,16,18,26-27H,6-7H2,(H2,21,23,24)(H2,29,30,31)/t10-,12-,13-,16-,18-/m1/s1. The zero-order chi connectivity index (χ0) is 25.3. The third kappa shape index (κ3) is 5.44. The number of nitrogen functional groups attached to an aromatic ring is 1. The van der Waals surface area contributed by atoms with Crippen LogP contribution in [0.4, 0.5) is 5.82 Å². The predicted octanol–water partition coefficient (Wildman–Crippen LogP) is -0.0551. The summed E-state index contributed by atoms with van der Waals surface area (Å²) in [6, 6.07) is 8.49. The molecule has 188 valence electrons. The van der Waals surface area contributed by atoms with E-state index in [2.05, 4.69) is 15.0 Å². The topological polar surface area (TPSA) is 212 Å². The van der Waals surface area contributed by atoms with Crippen LogP contribution < -0.4 is 5.73 Å². The Labute approximate surface area is 202 Å². The van der Waals surface area contributed by atoms with E-state index in [4.69, 9.17) is 31.5 Å². The number of carbonyl (C=O) groups is 1. The lowest BCUT2D eigenvalue weighted by Crippen LogP contribution is -2.36. The summed E-state index contributed by atoms with van der Waals surface area (Å²) in [6.45, 7) is -0.889. The van der Waals surface area contributed by atoms with Gasteiger partial charge in [0.25, 0.3) is 5.85 Å². The molecule has 5 atom stereocenters. The van der Waals surface area contributed by atoms with E-state index in [-0.39, 0.29) is 28.9 Å². The number of carbonyl (C=O) groups excluding carboxylic acids is 1. The minimum atomic E-state index is -5.11. The summed E-state index contributed by atoms with van der Waals surface area (Å²) in [4.78, 5) is 43.4. The SMILES string of the molecule is Nc1nc(Cl)nc2c1ncn2[C@@H]1O[C@H](CO[C@@H](C(=O)OCc2ccccc2)P(=O)(O)O)[C@@H](O)[C@H]1O. The molecule has 1 aliphatic rings. The van der Waals surface area contributed by atoms with E-state index < -0.39 is 50.6 Å². The maximum Gasteiger partial charge on any atom is 0.365 e. The summed E-state index contributed by atoms with van der Waals surface area (Å²) >= 11 is 5.84. The first-order chi connectivity index (χ1) is 16.6. The summed E-state index contributed by atoms with van der Waals surface area (Å²) in [5.41, 5.74) is 6.67. The molecule has 14 nitrogen and oxygen atoms in total. The van der Waals surface area contributed by atoms with Gasteiger partial charge in [0, 0.05) is 0 Å². The molecule has 0 saturated carbocycles. The van der Waals surface area contributed by atoms with Gasteiger partial charge in [-0.3, -0.25) is 9.13 Å². The Hall–Kier alpha value is -2.68. The number of aliphatic hydroxyl groups excluding tert-OH is 2. The van der Waals surface area contributed by atoms with E-state index in [1.165, 1.54) is 10.9 Å². The van der Waals surface area contributed by atoms with Gasteiger partial charge in [-0.15, -0.1) is 0 Å². The van der Waals surface area contributed by atoms with Crippen LogP contribution in [0.2, 0.25) is 5.28 Å². The number of hydrogen-bond donors (Lipinski definition) is 5. The van der Waals surface area contributed by atoms with Crippen molar-refractivity contribution < 1.29 is 43.6 Å². The zero-order valence-corrected chi connectivity index (χ0v) is 19.4. The maximum absolute atomic E-state index is 12.3. The quantitative estimate of drug-likeness (QED) is 0.147. The van der Waals surface area contributed by atoms with E-state index >= 15 is 0 Å². The Balaban J connectivity index is 1.45. The number of fused-ring (bicyclic) bond motifs is 1. The fourth-order valence-electron chi connectivity index (χ4n) is 3.48. The van der Waals surface area contributed by atoms with E-state index in [1.807, 2.05) is 0 Å². The maximum atomic E-state index is 12.3. The second-order valence-corrected chi connectivity index (χ2v) is 9.60. The van der Waals surface area contributed by atoms with E-state index in [9.17, 15) is 29.4 Å². The van der Waals surface area contributed by atoms with Crippen LogP contribution in [0.3, 0.4) is 0 Å². The van der Waals surface area contributed by atoms with Crippen molar-refractivity contribution in [1.29, 1.82) is 0 Å². The number of halogens is 1. The number of esters is 1. The van der Waals surface area contributed by atoms with Gasteiger partial charge >= 0.3 is 13.6 Å². The van der Waals surface area contributed by atoms with Gasteiger partial charge in [-0.2, -0.15) is 9.97 Å². The number of anilines is 1. The first-order valence-corrected chi connectivity index (χ1v) is 12.2. The number of aliphatic hydroxyl groups is 2. The Morgan fingerprint density at radius 2 is 1.94 bits per heavy atom. The fraction of sp³-hybridized carbons (Fsp3) is 0.368. The molecule has 0 aliphatic carbocycles. The van der Waals surface area contributed by atoms with Crippen LogP contribution in [0.5, 0.6) is 0 Å². The van der Waals surface area contributed by atoms with Crippen LogP contribution in [-0.2, 0) is 30.2 Å². The zero-order valence-electron chi connectivity index (χ0n) is 17.8. The van der Waals surface area contributed by atoms with Crippen molar-refractivity contribution in [2.45, 2.75) is 37.0 Å². The summed E-state index contributed by atoms with van der Waals surface area (Å²) in [5, 5.41) is 20.8. The monoisotopic (exact) mass is 529 g/mol. The molecule has 3 heterocycles. The molecule has 16 heteroatoms.